The molecule has 4 heteroatoms. The summed E-state index contributed by atoms with van der Waals surface area (Å²) in [6, 6.07) is 4.39. The molecule has 0 saturated carbocycles. The number of nitrogens with one attached hydrogen (secondary N) is 1. The van der Waals surface area contributed by atoms with Crippen molar-refractivity contribution >= 4 is 17.4 Å². The second kappa shape index (κ2) is 5.74. The van der Waals surface area contributed by atoms with Gasteiger partial charge in [0.05, 0.1) is 6.04 Å². The average molecular weight is 266 g/mol. The number of nitrogens with zero attached hydrogens (tertiary/aromatic N) is 1. The predicted molar refractivity (Wildman–Crippen MR) is 76.0 cm³/mol. The van der Waals surface area contributed by atoms with Crippen LogP contribution in [-0.4, -0.2) is 24.0 Å². The Morgan fingerprint density at radius 2 is 2.33 bits per heavy atom. The van der Waals surface area contributed by atoms with E-state index in [9.17, 15) is 4.79 Å². The van der Waals surface area contributed by atoms with E-state index in [-0.39, 0.29) is 12.1 Å². The first-order chi connectivity index (χ1) is 8.56. The van der Waals surface area contributed by atoms with Crippen LogP contribution in [0.2, 0.25) is 0 Å². The van der Waals surface area contributed by atoms with Gasteiger partial charge in [-0.3, -0.25) is 0 Å². The fraction of sp³-hybridized carbons (Fsp3) is 0.643. The molecule has 0 bridgehead atoms. The summed E-state index contributed by atoms with van der Waals surface area (Å²) in [7, 11) is 0. The van der Waals surface area contributed by atoms with Gasteiger partial charge in [-0.25, -0.2) is 4.79 Å². The van der Waals surface area contributed by atoms with Gasteiger partial charge in [0.25, 0.3) is 0 Å². The predicted octanol–water partition coefficient (Wildman–Crippen LogP) is 3.56. The standard InChI is InChI=1S/C14H22N2OS/c1-10-5-4-8-16(9-10)14(17)15-12(3)13-7-6-11(2)18-13/h6-7,10,12H,4-5,8-9H2,1-3H3,(H,15,17). The van der Waals surface area contributed by atoms with Gasteiger partial charge in [-0.2, -0.15) is 0 Å². The Morgan fingerprint density at radius 3 is 2.94 bits per heavy atom. The lowest BCUT2D eigenvalue weighted by molar-refractivity contribution is 0.167. The maximum absolute atomic E-state index is 12.2. The van der Waals surface area contributed by atoms with Gasteiger partial charge in [-0.15, -0.1) is 11.3 Å². The summed E-state index contributed by atoms with van der Waals surface area (Å²) in [5.41, 5.74) is 0. The highest BCUT2D eigenvalue weighted by atomic mass is 32.1. The molecule has 0 aromatic carbocycles. The normalized spacial score (nSPS) is 21.7. The molecule has 1 aliphatic rings. The number of hydrogen-bond acceptors (Lipinski definition) is 2. The molecule has 2 rings (SSSR count). The molecular formula is C14H22N2OS. The number of piperidine rings is 1. The van der Waals surface area contributed by atoms with Gasteiger partial charge in [-0.05, 0) is 44.7 Å². The first kappa shape index (κ1) is 13.4. The second-order valence-corrected chi connectivity index (χ2v) is 6.63. The Kier molecular flexibility index (Phi) is 4.27. The molecule has 1 aliphatic heterocycles. The Hall–Kier alpha value is -1.03. The monoisotopic (exact) mass is 266 g/mol. The average Bonchev–Trinajstić information content (AvgIpc) is 2.76. The van der Waals surface area contributed by atoms with Crippen molar-refractivity contribution in [1.29, 1.82) is 0 Å². The summed E-state index contributed by atoms with van der Waals surface area (Å²) < 4.78 is 0. The number of amides is 2. The minimum Gasteiger partial charge on any atom is -0.331 e. The van der Waals surface area contributed by atoms with Gasteiger partial charge in [-0.1, -0.05) is 6.92 Å². The van der Waals surface area contributed by atoms with E-state index in [0.29, 0.717) is 5.92 Å². The molecule has 0 spiro atoms. The van der Waals surface area contributed by atoms with E-state index in [1.54, 1.807) is 11.3 Å². The van der Waals surface area contributed by atoms with Crippen molar-refractivity contribution in [2.45, 2.75) is 39.7 Å². The summed E-state index contributed by atoms with van der Waals surface area (Å²) in [5, 5.41) is 3.10. The molecule has 2 atom stereocenters. The molecule has 0 radical (unpaired) electrons. The third kappa shape index (κ3) is 3.25. The summed E-state index contributed by atoms with van der Waals surface area (Å²) in [6.45, 7) is 8.14. The SMILES string of the molecule is Cc1ccc(C(C)NC(=O)N2CCCC(C)C2)s1. The fourth-order valence-corrected chi connectivity index (χ4v) is 3.29. The zero-order valence-corrected chi connectivity index (χ0v) is 12.2. The second-order valence-electron chi connectivity index (χ2n) is 5.31. The summed E-state index contributed by atoms with van der Waals surface area (Å²) in [5.74, 6) is 0.629. The maximum atomic E-state index is 12.2. The van der Waals surface area contributed by atoms with E-state index in [0.717, 1.165) is 19.5 Å². The van der Waals surface area contributed by atoms with Crippen LogP contribution in [0.15, 0.2) is 12.1 Å². The first-order valence-electron chi connectivity index (χ1n) is 6.68. The molecule has 1 aromatic heterocycles. The number of aryl methyl sites for hydroxylation is 1. The highest BCUT2D eigenvalue weighted by molar-refractivity contribution is 7.12. The molecule has 1 N–H and O–H groups in total. The van der Waals surface area contributed by atoms with Gasteiger partial charge in [0, 0.05) is 22.8 Å². The van der Waals surface area contributed by atoms with Gasteiger partial charge >= 0.3 is 6.03 Å². The lowest BCUT2D eigenvalue weighted by Crippen LogP contribution is -2.45. The van der Waals surface area contributed by atoms with Crippen LogP contribution in [0.1, 0.15) is 42.5 Å². The highest BCUT2D eigenvalue weighted by Crippen LogP contribution is 2.23. The largest absolute Gasteiger partial charge is 0.331 e. The third-order valence-corrected chi connectivity index (χ3v) is 4.66. The van der Waals surface area contributed by atoms with Crippen LogP contribution in [0, 0.1) is 12.8 Å². The molecular weight excluding hydrogens is 244 g/mol. The van der Waals surface area contributed by atoms with E-state index < -0.39 is 0 Å². The number of likely N-dealkylation sites (tertiary alicyclic amines) is 1. The van der Waals surface area contributed by atoms with Crippen LogP contribution in [0.5, 0.6) is 0 Å². The molecule has 18 heavy (non-hydrogen) atoms. The van der Waals surface area contributed by atoms with Crippen molar-refractivity contribution in [3.63, 3.8) is 0 Å². The number of thiophene rings is 1. The van der Waals surface area contributed by atoms with Crippen molar-refractivity contribution < 1.29 is 4.79 Å². The zero-order chi connectivity index (χ0) is 13.1. The zero-order valence-electron chi connectivity index (χ0n) is 11.4. The quantitative estimate of drug-likeness (QED) is 0.872. The van der Waals surface area contributed by atoms with E-state index in [1.165, 1.54) is 16.2 Å². The van der Waals surface area contributed by atoms with Gasteiger partial charge < -0.3 is 10.2 Å². The van der Waals surface area contributed by atoms with Crippen molar-refractivity contribution in [1.82, 2.24) is 10.2 Å². The van der Waals surface area contributed by atoms with Crippen LogP contribution in [0.4, 0.5) is 4.79 Å². The third-order valence-electron chi connectivity index (χ3n) is 3.47. The molecule has 3 nitrogen and oxygen atoms in total. The van der Waals surface area contributed by atoms with Crippen LogP contribution in [0.3, 0.4) is 0 Å². The first-order valence-corrected chi connectivity index (χ1v) is 7.49. The lowest BCUT2D eigenvalue weighted by atomic mass is 10.0. The topological polar surface area (TPSA) is 32.3 Å². The van der Waals surface area contributed by atoms with Crippen LogP contribution < -0.4 is 5.32 Å². The Morgan fingerprint density at radius 1 is 1.56 bits per heavy atom. The minimum absolute atomic E-state index is 0.0834. The van der Waals surface area contributed by atoms with Crippen LogP contribution >= 0.6 is 11.3 Å². The maximum Gasteiger partial charge on any atom is 0.317 e. The molecule has 2 amide bonds. The van der Waals surface area contributed by atoms with Crippen molar-refractivity contribution in [3.05, 3.63) is 21.9 Å². The van der Waals surface area contributed by atoms with Crippen molar-refractivity contribution in [2.75, 3.05) is 13.1 Å². The van der Waals surface area contributed by atoms with Crippen LogP contribution in [0.25, 0.3) is 0 Å². The van der Waals surface area contributed by atoms with Gasteiger partial charge in [0.2, 0.25) is 0 Å². The Balaban J connectivity index is 1.90. The molecule has 2 heterocycles. The smallest absolute Gasteiger partial charge is 0.317 e. The van der Waals surface area contributed by atoms with E-state index in [4.69, 9.17) is 0 Å². The molecule has 1 fully saturated rings. The Bertz CT molecular complexity index is 416. The van der Waals surface area contributed by atoms with Crippen molar-refractivity contribution in [3.8, 4) is 0 Å². The fourth-order valence-electron chi connectivity index (χ4n) is 2.41. The number of urea groups is 1. The minimum atomic E-state index is 0.0834. The summed E-state index contributed by atoms with van der Waals surface area (Å²) in [4.78, 5) is 16.6. The highest BCUT2D eigenvalue weighted by Gasteiger charge is 2.22. The molecule has 1 saturated heterocycles. The van der Waals surface area contributed by atoms with Crippen molar-refractivity contribution in [2.24, 2.45) is 5.92 Å². The van der Waals surface area contributed by atoms with Gasteiger partial charge in [0.15, 0.2) is 0 Å². The van der Waals surface area contributed by atoms with E-state index in [2.05, 4.69) is 38.2 Å². The number of hydrogen-bond donors (Lipinski definition) is 1. The van der Waals surface area contributed by atoms with Crippen LogP contribution in [-0.2, 0) is 0 Å². The number of rotatable bonds is 2. The molecule has 0 aliphatic carbocycles. The van der Waals surface area contributed by atoms with E-state index in [1.807, 2.05) is 4.90 Å². The number of carbonyl (C=O) groups is 1. The molecule has 2 unspecified atom stereocenters. The summed E-state index contributed by atoms with van der Waals surface area (Å²) >= 11 is 1.75. The number of carbonyl (C=O) groups excluding carboxylic acids is 1. The molecule has 1 aromatic rings. The Labute approximate surface area is 113 Å². The lowest BCUT2D eigenvalue weighted by Gasteiger charge is -2.31. The molecule has 100 valence electrons. The summed E-state index contributed by atoms with van der Waals surface area (Å²) in [6.07, 6.45) is 2.37. The van der Waals surface area contributed by atoms with E-state index >= 15 is 0 Å². The van der Waals surface area contributed by atoms with Gasteiger partial charge in [0.1, 0.15) is 0 Å².